The lowest BCUT2D eigenvalue weighted by Crippen LogP contribution is -2.40. The molecule has 0 bridgehead atoms. The molecule has 1 aromatic carbocycles. The Bertz CT molecular complexity index is 876. The van der Waals surface area contributed by atoms with E-state index < -0.39 is 0 Å². The molecule has 2 heterocycles. The first kappa shape index (κ1) is 19.1. The number of carbonyl (C=O) groups excluding carboxylic acids is 2. The molecular formula is C21H23FN2O3S. The topological polar surface area (TPSA) is 58.6 Å². The molecule has 2 aromatic rings. The number of morpholine rings is 1. The fourth-order valence-electron chi connectivity index (χ4n) is 3.76. The van der Waals surface area contributed by atoms with Gasteiger partial charge in [-0.25, -0.2) is 4.39 Å². The standard InChI is InChI=1S/C21H23FN2O3S/c22-17-3-1-2-14(10-17)13-23-20(25)15-4-5-18-16(11-15)12-19(28-18)21(26)24-6-8-27-9-7-24/h1-3,10,12,15H,4-9,11,13H2,(H,23,25). The van der Waals surface area contributed by atoms with Crippen LogP contribution in [0.5, 0.6) is 0 Å². The Hall–Kier alpha value is -2.25. The molecule has 5 nitrogen and oxygen atoms in total. The molecule has 4 rings (SSSR count). The van der Waals surface area contributed by atoms with E-state index in [1.165, 1.54) is 17.0 Å². The third-order valence-electron chi connectivity index (χ3n) is 5.32. The summed E-state index contributed by atoms with van der Waals surface area (Å²) in [7, 11) is 0. The van der Waals surface area contributed by atoms with Gasteiger partial charge in [-0.1, -0.05) is 12.1 Å². The van der Waals surface area contributed by atoms with Crippen LogP contribution in [0.1, 0.15) is 32.1 Å². The number of hydrogen-bond donors (Lipinski definition) is 1. The van der Waals surface area contributed by atoms with E-state index in [0.717, 1.165) is 28.8 Å². The minimum absolute atomic E-state index is 0.0119. The van der Waals surface area contributed by atoms with Crippen LogP contribution in [0.15, 0.2) is 30.3 Å². The molecule has 2 aliphatic rings. The predicted octanol–water partition coefficient (Wildman–Crippen LogP) is 2.78. The average Bonchev–Trinajstić information content (AvgIpc) is 3.15. The minimum atomic E-state index is -0.301. The first-order chi connectivity index (χ1) is 13.6. The summed E-state index contributed by atoms with van der Waals surface area (Å²) in [5.74, 6) is -0.358. The van der Waals surface area contributed by atoms with Crippen molar-refractivity contribution in [1.82, 2.24) is 10.2 Å². The van der Waals surface area contributed by atoms with Gasteiger partial charge in [0.2, 0.25) is 5.91 Å². The van der Waals surface area contributed by atoms with Crippen LogP contribution in [-0.2, 0) is 28.9 Å². The quantitative estimate of drug-likeness (QED) is 0.856. The van der Waals surface area contributed by atoms with Crippen LogP contribution in [0.2, 0.25) is 0 Å². The summed E-state index contributed by atoms with van der Waals surface area (Å²) in [4.78, 5) is 29.1. The second-order valence-electron chi connectivity index (χ2n) is 7.25. The summed E-state index contributed by atoms with van der Waals surface area (Å²) in [5, 5.41) is 2.92. The van der Waals surface area contributed by atoms with Gasteiger partial charge in [0.05, 0.1) is 18.1 Å². The number of fused-ring (bicyclic) bond motifs is 1. The van der Waals surface area contributed by atoms with Crippen molar-refractivity contribution in [1.29, 1.82) is 0 Å². The number of nitrogens with one attached hydrogen (secondary N) is 1. The van der Waals surface area contributed by atoms with Crippen LogP contribution in [0.3, 0.4) is 0 Å². The van der Waals surface area contributed by atoms with Crippen LogP contribution in [0.4, 0.5) is 4.39 Å². The number of ether oxygens (including phenoxy) is 1. The molecule has 1 aromatic heterocycles. The molecule has 1 aliphatic carbocycles. The summed E-state index contributed by atoms with van der Waals surface area (Å²) in [6.07, 6.45) is 2.24. The zero-order valence-electron chi connectivity index (χ0n) is 15.6. The third-order valence-corrected chi connectivity index (χ3v) is 6.54. The van der Waals surface area contributed by atoms with Crippen LogP contribution in [0, 0.1) is 11.7 Å². The van der Waals surface area contributed by atoms with Gasteiger partial charge in [-0.05, 0) is 48.6 Å². The largest absolute Gasteiger partial charge is 0.378 e. The number of halogens is 1. The van der Waals surface area contributed by atoms with Gasteiger partial charge >= 0.3 is 0 Å². The second-order valence-corrected chi connectivity index (χ2v) is 8.39. The van der Waals surface area contributed by atoms with Crippen molar-refractivity contribution in [3.05, 3.63) is 57.0 Å². The molecule has 0 radical (unpaired) electrons. The van der Waals surface area contributed by atoms with Crippen LogP contribution < -0.4 is 5.32 Å². The monoisotopic (exact) mass is 402 g/mol. The van der Waals surface area contributed by atoms with E-state index in [2.05, 4.69) is 5.32 Å². The molecule has 1 unspecified atom stereocenters. The Kier molecular flexibility index (Phi) is 5.73. The maximum atomic E-state index is 13.3. The lowest BCUT2D eigenvalue weighted by atomic mass is 9.87. The smallest absolute Gasteiger partial charge is 0.264 e. The Balaban J connectivity index is 1.37. The average molecular weight is 402 g/mol. The summed E-state index contributed by atoms with van der Waals surface area (Å²) in [6, 6.07) is 8.22. The second kappa shape index (κ2) is 8.41. The van der Waals surface area contributed by atoms with Crippen LogP contribution in [-0.4, -0.2) is 43.0 Å². The number of nitrogens with zero attached hydrogens (tertiary/aromatic N) is 1. The highest BCUT2D eigenvalue weighted by molar-refractivity contribution is 7.14. The van der Waals surface area contributed by atoms with Gasteiger partial charge < -0.3 is 15.0 Å². The lowest BCUT2D eigenvalue weighted by Gasteiger charge is -2.26. The molecular weight excluding hydrogens is 379 g/mol. The number of benzene rings is 1. The SMILES string of the molecule is O=C(NCc1cccc(F)c1)C1CCc2sc(C(=O)N3CCOCC3)cc2C1. The van der Waals surface area contributed by atoms with E-state index in [0.29, 0.717) is 39.3 Å². The fourth-order valence-corrected chi connectivity index (χ4v) is 4.93. The first-order valence-electron chi connectivity index (χ1n) is 9.61. The maximum absolute atomic E-state index is 13.3. The Morgan fingerprint density at radius 1 is 1.25 bits per heavy atom. The highest BCUT2D eigenvalue weighted by Gasteiger charge is 2.28. The molecule has 1 aliphatic heterocycles. The van der Waals surface area contributed by atoms with E-state index in [-0.39, 0.29) is 23.5 Å². The van der Waals surface area contributed by atoms with Crippen molar-refractivity contribution in [2.24, 2.45) is 5.92 Å². The number of amides is 2. The number of carbonyl (C=O) groups is 2. The van der Waals surface area contributed by atoms with Crippen molar-refractivity contribution in [2.45, 2.75) is 25.8 Å². The van der Waals surface area contributed by atoms with E-state index >= 15 is 0 Å². The van der Waals surface area contributed by atoms with E-state index in [4.69, 9.17) is 4.74 Å². The molecule has 0 spiro atoms. The number of rotatable bonds is 4. The summed E-state index contributed by atoms with van der Waals surface area (Å²) < 4.78 is 18.6. The van der Waals surface area contributed by atoms with Gasteiger partial charge in [-0.2, -0.15) is 0 Å². The van der Waals surface area contributed by atoms with Crippen molar-refractivity contribution in [3.8, 4) is 0 Å². The summed E-state index contributed by atoms with van der Waals surface area (Å²) in [5.41, 5.74) is 1.86. The van der Waals surface area contributed by atoms with Crippen LogP contribution in [0.25, 0.3) is 0 Å². The summed E-state index contributed by atoms with van der Waals surface area (Å²) >= 11 is 1.56. The molecule has 1 N–H and O–H groups in total. The third kappa shape index (κ3) is 4.25. The molecule has 2 amide bonds. The van der Waals surface area contributed by atoms with Gasteiger partial charge in [0, 0.05) is 30.4 Å². The number of aryl methyl sites for hydroxylation is 1. The van der Waals surface area contributed by atoms with Gasteiger partial charge in [0.1, 0.15) is 5.82 Å². The summed E-state index contributed by atoms with van der Waals surface area (Å²) in [6.45, 7) is 2.76. The van der Waals surface area contributed by atoms with Crippen molar-refractivity contribution in [3.63, 3.8) is 0 Å². The predicted molar refractivity (Wildman–Crippen MR) is 105 cm³/mol. The molecule has 7 heteroatoms. The lowest BCUT2D eigenvalue weighted by molar-refractivity contribution is -0.125. The number of thiophene rings is 1. The van der Waals surface area contributed by atoms with Crippen LogP contribution >= 0.6 is 11.3 Å². The zero-order chi connectivity index (χ0) is 19.5. The molecule has 1 atom stereocenters. The fraction of sp³-hybridized carbons (Fsp3) is 0.429. The Labute approximate surface area is 167 Å². The molecule has 148 valence electrons. The van der Waals surface area contributed by atoms with Crippen molar-refractivity contribution >= 4 is 23.2 Å². The van der Waals surface area contributed by atoms with Gasteiger partial charge in [-0.15, -0.1) is 11.3 Å². The van der Waals surface area contributed by atoms with Crippen molar-refractivity contribution < 1.29 is 18.7 Å². The first-order valence-corrected chi connectivity index (χ1v) is 10.4. The van der Waals surface area contributed by atoms with E-state index in [9.17, 15) is 14.0 Å². The van der Waals surface area contributed by atoms with Gasteiger partial charge in [-0.3, -0.25) is 9.59 Å². The molecule has 1 fully saturated rings. The highest BCUT2D eigenvalue weighted by atomic mass is 32.1. The van der Waals surface area contributed by atoms with E-state index in [1.807, 2.05) is 11.0 Å². The zero-order valence-corrected chi connectivity index (χ0v) is 16.4. The highest BCUT2D eigenvalue weighted by Crippen LogP contribution is 2.33. The molecule has 0 saturated carbocycles. The van der Waals surface area contributed by atoms with Gasteiger partial charge in [0.15, 0.2) is 0 Å². The van der Waals surface area contributed by atoms with Crippen molar-refractivity contribution in [2.75, 3.05) is 26.3 Å². The maximum Gasteiger partial charge on any atom is 0.264 e. The normalized spacial score (nSPS) is 19.2. The Morgan fingerprint density at radius 3 is 2.86 bits per heavy atom. The number of hydrogen-bond acceptors (Lipinski definition) is 4. The molecule has 1 saturated heterocycles. The minimum Gasteiger partial charge on any atom is -0.378 e. The Morgan fingerprint density at radius 2 is 2.07 bits per heavy atom. The van der Waals surface area contributed by atoms with E-state index in [1.54, 1.807) is 23.5 Å². The molecule has 28 heavy (non-hydrogen) atoms. The van der Waals surface area contributed by atoms with Gasteiger partial charge in [0.25, 0.3) is 5.91 Å².